The van der Waals surface area contributed by atoms with Gasteiger partial charge in [0.1, 0.15) is 22.5 Å². The van der Waals surface area contributed by atoms with Crippen LogP contribution in [0, 0.1) is 0 Å². The summed E-state index contributed by atoms with van der Waals surface area (Å²) in [6.45, 7) is 2.78. The van der Waals surface area contributed by atoms with Gasteiger partial charge in [0.05, 0.1) is 18.9 Å². The largest absolute Gasteiger partial charge is 0.493 e. The van der Waals surface area contributed by atoms with E-state index in [0.717, 1.165) is 45.8 Å². The van der Waals surface area contributed by atoms with Crippen LogP contribution in [0.4, 0.5) is 0 Å². The first-order valence-corrected chi connectivity index (χ1v) is 12.6. The van der Waals surface area contributed by atoms with Gasteiger partial charge in [-0.2, -0.15) is 0 Å². The van der Waals surface area contributed by atoms with Gasteiger partial charge in [0.2, 0.25) is 0 Å². The van der Waals surface area contributed by atoms with E-state index < -0.39 is 12.0 Å². The van der Waals surface area contributed by atoms with Crippen molar-refractivity contribution in [3.05, 3.63) is 65.3 Å². The number of rotatable bonds is 9. The van der Waals surface area contributed by atoms with Crippen molar-refractivity contribution in [2.24, 2.45) is 0 Å². The maximum absolute atomic E-state index is 11.3. The highest BCUT2D eigenvalue weighted by molar-refractivity contribution is 7.15. The number of thiazole rings is 1. The number of hydrogen-bond acceptors (Lipinski definition) is 5. The Morgan fingerprint density at radius 3 is 2.56 bits per heavy atom. The third kappa shape index (κ3) is 4.80. The zero-order valence-corrected chi connectivity index (χ0v) is 20.0. The summed E-state index contributed by atoms with van der Waals surface area (Å²) in [5.41, 5.74) is 3.32. The van der Waals surface area contributed by atoms with Gasteiger partial charge in [-0.3, -0.25) is 0 Å². The van der Waals surface area contributed by atoms with Crippen molar-refractivity contribution in [3.63, 3.8) is 0 Å². The molecule has 4 aromatic rings. The highest BCUT2D eigenvalue weighted by Gasteiger charge is 2.16. The van der Waals surface area contributed by atoms with Crippen LogP contribution in [0.3, 0.4) is 0 Å². The van der Waals surface area contributed by atoms with Crippen LogP contribution < -0.4 is 9.47 Å². The van der Waals surface area contributed by atoms with Crippen LogP contribution in [0.5, 0.6) is 11.5 Å². The fourth-order valence-corrected chi connectivity index (χ4v) is 5.45. The molecular formula is C27H28N2O4S. The van der Waals surface area contributed by atoms with Crippen molar-refractivity contribution in [2.45, 2.75) is 45.1 Å². The van der Waals surface area contributed by atoms with Crippen molar-refractivity contribution in [1.82, 2.24) is 9.55 Å². The standard InChI is InChI=1S/C27H28N2O4S/c1-18(27(30)31)29-14-13-20-17-22(11-12-24(20)29)33-16-4-15-32-21-9-7-19(8-10-21)26-28-23-5-2-3-6-25(23)34-26/h7-14,17-18H,2-6,15-16H2,1H3,(H,30,31). The van der Waals surface area contributed by atoms with Gasteiger partial charge in [-0.1, -0.05) is 0 Å². The average molecular weight is 477 g/mol. The van der Waals surface area contributed by atoms with E-state index in [2.05, 4.69) is 12.1 Å². The van der Waals surface area contributed by atoms with Crippen LogP contribution in [0.25, 0.3) is 21.5 Å². The summed E-state index contributed by atoms with van der Waals surface area (Å²) in [6.07, 6.45) is 7.37. The molecule has 34 heavy (non-hydrogen) atoms. The van der Waals surface area contributed by atoms with E-state index in [9.17, 15) is 9.90 Å². The number of aliphatic carboxylic acids is 1. The summed E-state index contributed by atoms with van der Waals surface area (Å²) < 4.78 is 13.5. The normalized spacial score (nSPS) is 14.0. The Kier molecular flexibility index (Phi) is 6.54. The smallest absolute Gasteiger partial charge is 0.326 e. The molecular weight excluding hydrogens is 448 g/mol. The first-order valence-electron chi connectivity index (χ1n) is 11.8. The molecule has 0 bridgehead atoms. The number of ether oxygens (including phenoxy) is 2. The molecule has 0 fully saturated rings. The number of carbonyl (C=O) groups is 1. The van der Waals surface area contributed by atoms with Gasteiger partial charge in [0.15, 0.2) is 0 Å². The Morgan fingerprint density at radius 2 is 1.79 bits per heavy atom. The summed E-state index contributed by atoms with van der Waals surface area (Å²) in [5.74, 6) is 0.762. The van der Waals surface area contributed by atoms with Gasteiger partial charge in [-0.05, 0) is 81.1 Å². The van der Waals surface area contributed by atoms with E-state index in [1.807, 2.05) is 47.7 Å². The average Bonchev–Trinajstić information content (AvgIpc) is 3.48. The van der Waals surface area contributed by atoms with Gasteiger partial charge in [-0.25, -0.2) is 9.78 Å². The number of benzene rings is 2. The number of hydrogen-bond donors (Lipinski definition) is 1. The molecule has 2 aromatic heterocycles. The molecule has 1 N–H and O–H groups in total. The second-order valence-electron chi connectivity index (χ2n) is 8.63. The first kappa shape index (κ1) is 22.5. The second kappa shape index (κ2) is 9.89. The third-order valence-corrected chi connectivity index (χ3v) is 7.45. The lowest BCUT2D eigenvalue weighted by molar-refractivity contribution is -0.140. The summed E-state index contributed by atoms with van der Waals surface area (Å²) in [7, 11) is 0. The third-order valence-electron chi connectivity index (χ3n) is 6.24. The maximum atomic E-state index is 11.3. The molecule has 1 aliphatic carbocycles. The topological polar surface area (TPSA) is 73.6 Å². The predicted octanol–water partition coefficient (Wildman–Crippen LogP) is 6.14. The number of nitrogens with zero attached hydrogens (tertiary/aromatic N) is 2. The summed E-state index contributed by atoms with van der Waals surface area (Å²) in [5, 5.41) is 11.3. The Morgan fingerprint density at radius 1 is 1.06 bits per heavy atom. The van der Waals surface area contributed by atoms with Crippen LogP contribution in [0.15, 0.2) is 54.7 Å². The van der Waals surface area contributed by atoms with E-state index in [-0.39, 0.29) is 0 Å². The second-order valence-corrected chi connectivity index (χ2v) is 9.71. The maximum Gasteiger partial charge on any atom is 0.326 e. The molecule has 0 radical (unpaired) electrons. The Bertz CT molecular complexity index is 1270. The number of aryl methyl sites for hydroxylation is 2. The van der Waals surface area contributed by atoms with Crippen molar-refractivity contribution in [1.29, 1.82) is 0 Å². The lowest BCUT2D eigenvalue weighted by Crippen LogP contribution is -2.14. The molecule has 1 aliphatic rings. The molecule has 0 aliphatic heterocycles. The van der Waals surface area contributed by atoms with Crippen LogP contribution in [-0.4, -0.2) is 33.8 Å². The molecule has 0 saturated heterocycles. The molecule has 0 amide bonds. The lowest BCUT2D eigenvalue weighted by Gasteiger charge is -2.11. The van der Waals surface area contributed by atoms with Crippen molar-refractivity contribution < 1.29 is 19.4 Å². The fourth-order valence-electron chi connectivity index (χ4n) is 4.30. The van der Waals surface area contributed by atoms with E-state index in [1.54, 1.807) is 17.7 Å². The van der Waals surface area contributed by atoms with Gasteiger partial charge < -0.3 is 19.1 Å². The van der Waals surface area contributed by atoms with Gasteiger partial charge in [-0.15, -0.1) is 11.3 Å². The zero-order valence-electron chi connectivity index (χ0n) is 19.2. The lowest BCUT2D eigenvalue weighted by atomic mass is 10.0. The van der Waals surface area contributed by atoms with E-state index in [4.69, 9.17) is 14.5 Å². The Hall–Kier alpha value is -3.32. The minimum atomic E-state index is -0.852. The predicted molar refractivity (Wildman–Crippen MR) is 134 cm³/mol. The molecule has 176 valence electrons. The minimum Gasteiger partial charge on any atom is -0.493 e. The quantitative estimate of drug-likeness (QED) is 0.294. The van der Waals surface area contributed by atoms with Gasteiger partial charge >= 0.3 is 5.97 Å². The van der Waals surface area contributed by atoms with Crippen molar-refractivity contribution in [2.75, 3.05) is 13.2 Å². The number of carboxylic acids is 1. The van der Waals surface area contributed by atoms with Crippen LogP contribution in [0.2, 0.25) is 0 Å². The van der Waals surface area contributed by atoms with E-state index >= 15 is 0 Å². The van der Waals surface area contributed by atoms with Gasteiger partial charge in [0, 0.05) is 34.0 Å². The summed E-state index contributed by atoms with van der Waals surface area (Å²) in [4.78, 5) is 17.6. The molecule has 1 unspecified atom stereocenters. The highest BCUT2D eigenvalue weighted by atomic mass is 32.1. The van der Waals surface area contributed by atoms with Crippen LogP contribution >= 0.6 is 11.3 Å². The molecule has 6 nitrogen and oxygen atoms in total. The monoisotopic (exact) mass is 476 g/mol. The molecule has 1 atom stereocenters. The highest BCUT2D eigenvalue weighted by Crippen LogP contribution is 2.33. The molecule has 7 heteroatoms. The molecule has 0 saturated carbocycles. The first-order chi connectivity index (χ1) is 16.6. The molecule has 0 spiro atoms. The minimum absolute atomic E-state index is 0.542. The Balaban J connectivity index is 1.10. The van der Waals surface area contributed by atoms with E-state index in [0.29, 0.717) is 13.2 Å². The van der Waals surface area contributed by atoms with Gasteiger partial charge in [0.25, 0.3) is 0 Å². The summed E-state index contributed by atoms with van der Waals surface area (Å²) in [6, 6.07) is 15.2. The summed E-state index contributed by atoms with van der Waals surface area (Å²) >= 11 is 1.83. The Labute approximate surface area is 202 Å². The van der Waals surface area contributed by atoms with Crippen LogP contribution in [0.1, 0.15) is 42.8 Å². The van der Waals surface area contributed by atoms with Crippen molar-refractivity contribution >= 4 is 28.2 Å². The molecule has 2 aromatic carbocycles. The molecule has 5 rings (SSSR count). The molecule has 2 heterocycles. The number of carboxylic acid groups (broad SMARTS) is 1. The number of fused-ring (bicyclic) bond motifs is 2. The van der Waals surface area contributed by atoms with Crippen LogP contribution in [-0.2, 0) is 17.6 Å². The van der Waals surface area contributed by atoms with Crippen molar-refractivity contribution in [3.8, 4) is 22.1 Å². The SMILES string of the molecule is CC(C(=O)O)n1ccc2cc(OCCCOc3ccc(-c4nc5c(s4)CCCC5)cc3)ccc21. The fraction of sp³-hybridized carbons (Fsp3) is 0.333. The number of aromatic nitrogens is 2. The van der Waals surface area contributed by atoms with E-state index in [1.165, 1.54) is 29.8 Å². The zero-order chi connectivity index (χ0) is 23.5.